The predicted octanol–water partition coefficient (Wildman–Crippen LogP) is 4.31. The number of nitrogens with zero attached hydrogens (tertiary/aromatic N) is 2. The quantitative estimate of drug-likeness (QED) is 0.444. The van der Waals surface area contributed by atoms with E-state index in [1.807, 2.05) is 0 Å². The van der Waals surface area contributed by atoms with Gasteiger partial charge in [-0.15, -0.1) is 0 Å². The van der Waals surface area contributed by atoms with Crippen molar-refractivity contribution in [3.05, 3.63) is 17.0 Å². The summed E-state index contributed by atoms with van der Waals surface area (Å²) in [5, 5.41) is 1.99. The molecule has 1 aromatic rings. The van der Waals surface area contributed by atoms with Crippen LogP contribution in [0.15, 0.2) is 5.16 Å². The zero-order valence-electron chi connectivity index (χ0n) is 11.1. The Morgan fingerprint density at radius 2 is 1.76 bits per heavy atom. The normalized spacial score (nSPS) is 12.8. The number of alkyl halides is 1. The molecule has 1 unspecified atom stereocenters. The Bertz CT molecular complexity index is 345. The molecule has 4 heteroatoms. The van der Waals surface area contributed by atoms with Crippen LogP contribution in [-0.2, 0) is 0 Å². The van der Waals surface area contributed by atoms with E-state index in [1.165, 1.54) is 18.4 Å². The summed E-state index contributed by atoms with van der Waals surface area (Å²) in [7, 11) is 0. The van der Waals surface area contributed by atoms with E-state index in [1.54, 1.807) is 11.8 Å². The lowest BCUT2D eigenvalue weighted by Gasteiger charge is -2.12. The highest BCUT2D eigenvalue weighted by Crippen LogP contribution is 2.22. The van der Waals surface area contributed by atoms with Gasteiger partial charge in [-0.25, -0.2) is 9.97 Å². The number of rotatable bonds is 6. The van der Waals surface area contributed by atoms with Crippen LogP contribution in [0.2, 0.25) is 0 Å². The van der Waals surface area contributed by atoms with Gasteiger partial charge in [0.1, 0.15) is 0 Å². The summed E-state index contributed by atoms with van der Waals surface area (Å²) in [5.41, 5.74) is 3.41. The van der Waals surface area contributed by atoms with Gasteiger partial charge in [-0.3, -0.25) is 0 Å². The molecule has 0 aliphatic heterocycles. The average Bonchev–Trinajstić information content (AvgIpc) is 2.31. The highest BCUT2D eigenvalue weighted by molar-refractivity contribution is 9.09. The predicted molar refractivity (Wildman–Crippen MR) is 79.2 cm³/mol. The van der Waals surface area contributed by atoms with Crippen molar-refractivity contribution >= 4 is 27.7 Å². The third-order valence-electron chi connectivity index (χ3n) is 2.98. The molecule has 2 nitrogen and oxygen atoms in total. The van der Waals surface area contributed by atoms with E-state index in [2.05, 4.69) is 53.6 Å². The van der Waals surface area contributed by atoms with E-state index in [9.17, 15) is 0 Å². The van der Waals surface area contributed by atoms with Gasteiger partial charge in [-0.05, 0) is 38.7 Å². The van der Waals surface area contributed by atoms with Crippen LogP contribution in [-0.4, -0.2) is 21.1 Å². The molecule has 0 aliphatic rings. The maximum Gasteiger partial charge on any atom is 0.188 e. The Kier molecular flexibility index (Phi) is 6.49. The lowest BCUT2D eigenvalue weighted by atomic mass is 10.1. The summed E-state index contributed by atoms with van der Waals surface area (Å²) in [6.07, 6.45) is 2.51. The topological polar surface area (TPSA) is 25.8 Å². The molecule has 0 aliphatic carbocycles. The van der Waals surface area contributed by atoms with Gasteiger partial charge in [0.05, 0.1) is 0 Å². The van der Waals surface area contributed by atoms with Crippen LogP contribution >= 0.6 is 27.7 Å². The van der Waals surface area contributed by atoms with Crippen LogP contribution in [0.1, 0.15) is 36.7 Å². The van der Waals surface area contributed by atoms with Crippen molar-refractivity contribution in [1.29, 1.82) is 0 Å². The molecular formula is C13H21BrN2S. The minimum absolute atomic E-state index is 0.718. The molecule has 17 heavy (non-hydrogen) atoms. The third kappa shape index (κ3) is 4.59. The van der Waals surface area contributed by atoms with Crippen molar-refractivity contribution in [1.82, 2.24) is 9.97 Å². The van der Waals surface area contributed by atoms with Crippen LogP contribution in [0.4, 0.5) is 0 Å². The first kappa shape index (κ1) is 15.0. The maximum atomic E-state index is 4.54. The van der Waals surface area contributed by atoms with E-state index in [0.717, 1.165) is 33.5 Å². The van der Waals surface area contributed by atoms with Crippen molar-refractivity contribution in [2.24, 2.45) is 5.92 Å². The van der Waals surface area contributed by atoms with Gasteiger partial charge in [0, 0.05) is 22.5 Å². The number of aryl methyl sites for hydroxylation is 2. The highest BCUT2D eigenvalue weighted by atomic mass is 79.9. The summed E-state index contributed by atoms with van der Waals surface area (Å²) in [4.78, 5) is 9.07. The molecule has 0 spiro atoms. The lowest BCUT2D eigenvalue weighted by molar-refractivity contribution is 0.597. The monoisotopic (exact) mass is 316 g/mol. The molecular weight excluding hydrogens is 296 g/mol. The number of hydrogen-bond donors (Lipinski definition) is 0. The molecule has 0 bridgehead atoms. The van der Waals surface area contributed by atoms with Crippen LogP contribution in [0.5, 0.6) is 0 Å². The number of halogens is 1. The fourth-order valence-electron chi connectivity index (χ4n) is 1.61. The Balaban J connectivity index is 2.63. The molecule has 1 atom stereocenters. The molecule has 1 heterocycles. The van der Waals surface area contributed by atoms with Gasteiger partial charge in [0.25, 0.3) is 0 Å². The fourth-order valence-corrected chi connectivity index (χ4v) is 3.54. The first-order valence-corrected chi connectivity index (χ1v) is 8.19. The molecule has 0 saturated heterocycles. The lowest BCUT2D eigenvalue weighted by Crippen LogP contribution is -2.06. The second-order valence-electron chi connectivity index (χ2n) is 4.42. The molecule has 0 amide bonds. The summed E-state index contributed by atoms with van der Waals surface area (Å²) in [6, 6.07) is 0. The first-order chi connectivity index (χ1) is 8.08. The van der Waals surface area contributed by atoms with E-state index < -0.39 is 0 Å². The van der Waals surface area contributed by atoms with E-state index in [0.29, 0.717) is 0 Å². The van der Waals surface area contributed by atoms with Gasteiger partial charge >= 0.3 is 0 Å². The van der Waals surface area contributed by atoms with Crippen molar-refractivity contribution in [3.8, 4) is 0 Å². The molecule has 0 radical (unpaired) electrons. The summed E-state index contributed by atoms with van der Waals surface area (Å²) in [5.74, 6) is 1.82. The Labute approximate surface area is 117 Å². The summed E-state index contributed by atoms with van der Waals surface area (Å²) in [6.45, 7) is 8.43. The zero-order chi connectivity index (χ0) is 12.8. The van der Waals surface area contributed by atoms with Gasteiger partial charge < -0.3 is 0 Å². The second kappa shape index (κ2) is 7.37. The number of hydrogen-bond acceptors (Lipinski definition) is 3. The molecule has 0 aromatic carbocycles. The van der Waals surface area contributed by atoms with Crippen LogP contribution in [0, 0.1) is 26.7 Å². The van der Waals surface area contributed by atoms with Crippen LogP contribution in [0.25, 0.3) is 0 Å². The number of aromatic nitrogens is 2. The van der Waals surface area contributed by atoms with Gasteiger partial charge in [-0.1, -0.05) is 41.0 Å². The molecule has 1 rings (SSSR count). The van der Waals surface area contributed by atoms with E-state index in [-0.39, 0.29) is 0 Å². The molecule has 1 aromatic heterocycles. The van der Waals surface area contributed by atoms with Crippen LogP contribution < -0.4 is 0 Å². The standard InChI is InChI=1S/C13H21BrN2S/c1-5-6-12(7-14)8-17-13-15-10(3)9(2)11(4)16-13/h12H,5-8H2,1-4H3. The van der Waals surface area contributed by atoms with Gasteiger partial charge in [0.2, 0.25) is 0 Å². The van der Waals surface area contributed by atoms with Crippen molar-refractivity contribution in [3.63, 3.8) is 0 Å². The Hall–Kier alpha value is -0.0900. The molecule has 0 fully saturated rings. The summed E-state index contributed by atoms with van der Waals surface area (Å²) < 4.78 is 0. The minimum Gasteiger partial charge on any atom is -0.228 e. The number of thioether (sulfide) groups is 1. The van der Waals surface area contributed by atoms with Crippen molar-refractivity contribution < 1.29 is 0 Å². The van der Waals surface area contributed by atoms with E-state index in [4.69, 9.17) is 0 Å². The van der Waals surface area contributed by atoms with Gasteiger partial charge in [0.15, 0.2) is 5.16 Å². The van der Waals surface area contributed by atoms with Crippen molar-refractivity contribution in [2.75, 3.05) is 11.1 Å². The minimum atomic E-state index is 0.718. The zero-order valence-corrected chi connectivity index (χ0v) is 13.5. The molecule has 96 valence electrons. The Morgan fingerprint density at radius 3 is 2.24 bits per heavy atom. The van der Waals surface area contributed by atoms with Crippen molar-refractivity contribution in [2.45, 2.75) is 45.7 Å². The Morgan fingerprint density at radius 1 is 1.18 bits per heavy atom. The highest BCUT2D eigenvalue weighted by Gasteiger charge is 2.10. The fraction of sp³-hybridized carbons (Fsp3) is 0.692. The first-order valence-electron chi connectivity index (χ1n) is 6.09. The third-order valence-corrected chi connectivity index (χ3v) is 4.97. The summed E-state index contributed by atoms with van der Waals surface area (Å²) >= 11 is 5.35. The largest absolute Gasteiger partial charge is 0.228 e. The molecule has 0 saturated carbocycles. The SMILES string of the molecule is CCCC(CBr)CSc1nc(C)c(C)c(C)n1. The smallest absolute Gasteiger partial charge is 0.188 e. The van der Waals surface area contributed by atoms with Crippen LogP contribution in [0.3, 0.4) is 0 Å². The average molecular weight is 317 g/mol. The molecule has 0 N–H and O–H groups in total. The van der Waals surface area contributed by atoms with E-state index >= 15 is 0 Å². The maximum absolute atomic E-state index is 4.54. The second-order valence-corrected chi connectivity index (χ2v) is 6.06. The van der Waals surface area contributed by atoms with Gasteiger partial charge in [-0.2, -0.15) is 0 Å².